The lowest BCUT2D eigenvalue weighted by molar-refractivity contribution is 0.0434. The molecule has 2 aromatic rings. The molecule has 1 aliphatic rings. The van der Waals surface area contributed by atoms with E-state index in [9.17, 15) is 8.42 Å². The van der Waals surface area contributed by atoms with Crippen molar-refractivity contribution in [1.82, 2.24) is 0 Å². The average molecular weight is 538 g/mol. The number of nitrogens with two attached hydrogens (primary N) is 1. The Kier molecular flexibility index (Phi) is 10.3. The number of unbranched alkanes of at least 4 members (excludes halogenated alkanes) is 1. The van der Waals surface area contributed by atoms with E-state index in [0.29, 0.717) is 49.2 Å². The van der Waals surface area contributed by atoms with Crippen molar-refractivity contribution in [2.24, 2.45) is 5.73 Å². The molecule has 1 heterocycles. The molecule has 0 bridgehead atoms. The minimum atomic E-state index is -3.59. The van der Waals surface area contributed by atoms with Crippen molar-refractivity contribution in [2.45, 2.75) is 56.1 Å². The van der Waals surface area contributed by atoms with Gasteiger partial charge >= 0.3 is 0 Å². The van der Waals surface area contributed by atoms with E-state index in [2.05, 4.69) is 0 Å². The smallest absolute Gasteiger partial charge is 0.203 e. The van der Waals surface area contributed by atoms with E-state index in [1.165, 1.54) is 6.26 Å². The molecule has 0 aromatic heterocycles. The van der Waals surface area contributed by atoms with Crippen LogP contribution in [0.3, 0.4) is 0 Å². The molecule has 0 aliphatic carbocycles. The van der Waals surface area contributed by atoms with Crippen LogP contribution in [0.5, 0.6) is 28.7 Å². The highest BCUT2D eigenvalue weighted by Gasteiger charge is 2.32. The number of rotatable bonds is 14. The first-order valence-corrected chi connectivity index (χ1v) is 14.4. The topological polar surface area (TPSA) is 116 Å². The lowest BCUT2D eigenvalue weighted by atomic mass is 10.0. The summed E-state index contributed by atoms with van der Waals surface area (Å²) in [6.45, 7) is 3.32. The second-order valence-corrected chi connectivity index (χ2v) is 10.9. The van der Waals surface area contributed by atoms with Crippen molar-refractivity contribution >= 4 is 9.84 Å². The van der Waals surface area contributed by atoms with Crippen molar-refractivity contribution < 1.29 is 36.8 Å². The molecule has 0 amide bonds. The predicted molar refractivity (Wildman–Crippen MR) is 141 cm³/mol. The first-order valence-electron chi connectivity index (χ1n) is 12.6. The summed E-state index contributed by atoms with van der Waals surface area (Å²) in [6, 6.07) is 7.24. The Morgan fingerprint density at radius 3 is 1.95 bits per heavy atom. The molecule has 9 nitrogen and oxygen atoms in total. The molecular formula is C27H39NO8S. The lowest BCUT2D eigenvalue weighted by Crippen LogP contribution is -2.10. The summed E-state index contributed by atoms with van der Waals surface area (Å²) < 4.78 is 60.3. The molecule has 0 radical (unpaired) electrons. The molecule has 1 saturated heterocycles. The zero-order valence-corrected chi connectivity index (χ0v) is 23.2. The molecule has 1 fully saturated rings. The summed E-state index contributed by atoms with van der Waals surface area (Å²) in [6.07, 6.45) is 4.36. The number of hydrogen-bond donors (Lipinski definition) is 1. The fourth-order valence-electron chi connectivity index (χ4n) is 4.36. The number of hydrogen-bond acceptors (Lipinski definition) is 9. The Balaban J connectivity index is 1.95. The maximum atomic E-state index is 12.8. The normalized spacial score (nSPS) is 17.5. The van der Waals surface area contributed by atoms with Crippen LogP contribution in [-0.4, -0.2) is 55.8 Å². The highest BCUT2D eigenvalue weighted by molar-refractivity contribution is 7.90. The van der Waals surface area contributed by atoms with E-state index in [1.807, 2.05) is 25.1 Å². The summed E-state index contributed by atoms with van der Waals surface area (Å²) in [5.41, 5.74) is 7.23. The number of methoxy groups -OCH3 is 3. The van der Waals surface area contributed by atoms with Gasteiger partial charge in [0, 0.05) is 6.26 Å². The zero-order valence-electron chi connectivity index (χ0n) is 22.4. The highest BCUT2D eigenvalue weighted by Crippen LogP contribution is 2.48. The summed E-state index contributed by atoms with van der Waals surface area (Å²) in [5.74, 6) is 2.27. The second-order valence-electron chi connectivity index (χ2n) is 8.96. The monoisotopic (exact) mass is 537 g/mol. The maximum Gasteiger partial charge on any atom is 0.203 e. The quantitative estimate of drug-likeness (QED) is 0.345. The average Bonchev–Trinajstić information content (AvgIpc) is 3.38. The SMILES string of the molecule is CCCOc1c(OCCCCN)cc([C@H]2CC[C@H](c3cc(OC)c(OC)c(OC)c3)O2)cc1S(C)(=O)=O. The summed E-state index contributed by atoms with van der Waals surface area (Å²) in [4.78, 5) is 0.104. The minimum Gasteiger partial charge on any atom is -0.493 e. The Morgan fingerprint density at radius 2 is 1.43 bits per heavy atom. The van der Waals surface area contributed by atoms with Crippen LogP contribution < -0.4 is 29.4 Å². The Morgan fingerprint density at radius 1 is 0.838 bits per heavy atom. The van der Waals surface area contributed by atoms with E-state index >= 15 is 0 Å². The molecule has 3 rings (SSSR count). The van der Waals surface area contributed by atoms with Crippen LogP contribution in [0.15, 0.2) is 29.2 Å². The van der Waals surface area contributed by atoms with Gasteiger partial charge in [0.2, 0.25) is 5.75 Å². The number of sulfone groups is 1. The van der Waals surface area contributed by atoms with E-state index in [1.54, 1.807) is 27.4 Å². The van der Waals surface area contributed by atoms with Gasteiger partial charge in [0.1, 0.15) is 4.90 Å². The first-order chi connectivity index (χ1) is 17.8. The molecule has 37 heavy (non-hydrogen) atoms. The fraction of sp³-hybridized carbons (Fsp3) is 0.556. The first kappa shape index (κ1) is 28.9. The van der Waals surface area contributed by atoms with Gasteiger partial charge in [-0.3, -0.25) is 0 Å². The van der Waals surface area contributed by atoms with Crippen molar-refractivity contribution in [3.05, 3.63) is 35.4 Å². The largest absolute Gasteiger partial charge is 0.493 e. The van der Waals surface area contributed by atoms with Gasteiger partial charge in [-0.1, -0.05) is 6.92 Å². The lowest BCUT2D eigenvalue weighted by Gasteiger charge is -2.21. The summed E-state index contributed by atoms with van der Waals surface area (Å²) in [5, 5.41) is 0. The minimum absolute atomic E-state index is 0.104. The predicted octanol–water partition coefficient (Wildman–Crippen LogP) is 4.62. The third-order valence-electron chi connectivity index (χ3n) is 6.20. The van der Waals surface area contributed by atoms with Gasteiger partial charge in [-0.2, -0.15) is 0 Å². The van der Waals surface area contributed by atoms with Crippen molar-refractivity contribution in [3.63, 3.8) is 0 Å². The van der Waals surface area contributed by atoms with E-state index in [-0.39, 0.29) is 22.9 Å². The van der Waals surface area contributed by atoms with Gasteiger partial charge in [-0.15, -0.1) is 0 Å². The van der Waals surface area contributed by atoms with Gasteiger partial charge in [0.15, 0.2) is 32.8 Å². The van der Waals surface area contributed by atoms with Crippen molar-refractivity contribution in [3.8, 4) is 28.7 Å². The number of benzene rings is 2. The van der Waals surface area contributed by atoms with Gasteiger partial charge in [-0.25, -0.2) is 8.42 Å². The van der Waals surface area contributed by atoms with Crippen LogP contribution >= 0.6 is 0 Å². The van der Waals surface area contributed by atoms with Crippen LogP contribution in [0.4, 0.5) is 0 Å². The molecule has 0 unspecified atom stereocenters. The Bertz CT molecular complexity index is 1130. The van der Waals surface area contributed by atoms with Crippen LogP contribution in [0, 0.1) is 0 Å². The molecule has 2 N–H and O–H groups in total. The van der Waals surface area contributed by atoms with Gasteiger partial charge in [0.05, 0.1) is 46.8 Å². The molecule has 0 saturated carbocycles. The third-order valence-corrected chi connectivity index (χ3v) is 7.30. The van der Waals surface area contributed by atoms with Crippen LogP contribution in [0.25, 0.3) is 0 Å². The van der Waals surface area contributed by atoms with E-state index in [4.69, 9.17) is 34.2 Å². The standard InChI is InChI=1S/C27H39NO8S/c1-6-12-35-27-24(34-13-8-7-11-28)16-19(17-25(27)37(5,29)30)21-10-9-20(36-21)18-14-22(31-2)26(33-4)23(15-18)32-3/h14-17,20-21H,6-13,28H2,1-5H3/t20-,21-/m1/s1. The van der Waals surface area contributed by atoms with Gasteiger partial charge < -0.3 is 34.2 Å². The molecule has 206 valence electrons. The number of ether oxygens (including phenoxy) is 6. The molecule has 2 aromatic carbocycles. The van der Waals surface area contributed by atoms with E-state index < -0.39 is 9.84 Å². The molecular weight excluding hydrogens is 498 g/mol. The molecule has 10 heteroatoms. The second kappa shape index (κ2) is 13.2. The molecule has 2 atom stereocenters. The summed E-state index contributed by atoms with van der Waals surface area (Å²) >= 11 is 0. The molecule has 1 aliphatic heterocycles. The Labute approximate surface area is 220 Å². The fourth-order valence-corrected chi connectivity index (χ4v) is 5.20. The Hall–Kier alpha value is -2.69. The van der Waals surface area contributed by atoms with Crippen LogP contribution in [0.2, 0.25) is 0 Å². The maximum absolute atomic E-state index is 12.8. The van der Waals surface area contributed by atoms with E-state index in [0.717, 1.165) is 36.8 Å². The highest BCUT2D eigenvalue weighted by atomic mass is 32.2. The third kappa shape index (κ3) is 7.00. The van der Waals surface area contributed by atoms with Crippen LogP contribution in [0.1, 0.15) is 62.4 Å². The van der Waals surface area contributed by atoms with Crippen molar-refractivity contribution in [1.29, 1.82) is 0 Å². The van der Waals surface area contributed by atoms with Crippen LogP contribution in [-0.2, 0) is 14.6 Å². The molecule has 0 spiro atoms. The van der Waals surface area contributed by atoms with Crippen molar-refractivity contribution in [2.75, 3.05) is 47.3 Å². The van der Waals surface area contributed by atoms with Gasteiger partial charge in [-0.05, 0) is 74.0 Å². The zero-order chi connectivity index (χ0) is 27.0. The summed E-state index contributed by atoms with van der Waals surface area (Å²) in [7, 11) is 1.11. The van der Waals surface area contributed by atoms with Gasteiger partial charge in [0.25, 0.3) is 0 Å².